The fourth-order valence-electron chi connectivity index (χ4n) is 4.94. The zero-order valence-electron chi connectivity index (χ0n) is 24.7. The summed E-state index contributed by atoms with van der Waals surface area (Å²) >= 11 is 0. The number of H-pyrrole nitrogens is 1. The lowest BCUT2D eigenvalue weighted by molar-refractivity contribution is -0.274. The molecule has 4 rings (SSSR count). The standard InChI is InChI=1S/C29H34F3N5O6/c1-16(38)41-28(5,6)25-35-22-19(9-12-33-23(22)36-25)17-10-13-37(14-11-17)24(39)20-8-7-18(42-29(30,31)32)15-21(20)34-26(40)43-27(2,3)4/h7-9,12,15,17H,10-11,13-14H2,1-6H3,(H,34,40)(H,33,35,36). The summed E-state index contributed by atoms with van der Waals surface area (Å²) in [4.78, 5) is 51.3. The lowest BCUT2D eigenvalue weighted by Crippen LogP contribution is -2.38. The van der Waals surface area contributed by atoms with Gasteiger partial charge in [0.15, 0.2) is 17.1 Å². The third-order valence-corrected chi connectivity index (χ3v) is 6.70. The number of aromatic nitrogens is 3. The first-order valence-electron chi connectivity index (χ1n) is 13.7. The molecule has 11 nitrogen and oxygen atoms in total. The van der Waals surface area contributed by atoms with Gasteiger partial charge in [0.2, 0.25) is 0 Å². The predicted molar refractivity (Wildman–Crippen MR) is 150 cm³/mol. The molecule has 3 heterocycles. The number of esters is 1. The fourth-order valence-corrected chi connectivity index (χ4v) is 4.94. The fraction of sp³-hybridized carbons (Fsp3) is 0.483. The van der Waals surface area contributed by atoms with Gasteiger partial charge in [0.05, 0.1) is 11.3 Å². The van der Waals surface area contributed by atoms with Gasteiger partial charge in [0.25, 0.3) is 5.91 Å². The summed E-state index contributed by atoms with van der Waals surface area (Å²) in [6, 6.07) is 5.02. The Balaban J connectivity index is 1.53. The second kappa shape index (κ2) is 11.7. The Morgan fingerprint density at radius 2 is 1.70 bits per heavy atom. The Labute approximate surface area is 246 Å². The Hall–Kier alpha value is -4.36. The second-order valence-corrected chi connectivity index (χ2v) is 11.7. The number of benzene rings is 1. The average molecular weight is 606 g/mol. The molecular formula is C29H34F3N5O6. The monoisotopic (exact) mass is 605 g/mol. The van der Waals surface area contributed by atoms with E-state index in [-0.39, 0.29) is 17.2 Å². The minimum absolute atomic E-state index is 0.00483. The number of rotatable bonds is 6. The van der Waals surface area contributed by atoms with Crippen LogP contribution >= 0.6 is 0 Å². The number of nitrogens with one attached hydrogen (secondary N) is 2. The number of imidazole rings is 1. The van der Waals surface area contributed by atoms with Crippen LogP contribution in [0.3, 0.4) is 0 Å². The van der Waals surface area contributed by atoms with E-state index < -0.39 is 41.3 Å². The predicted octanol–water partition coefficient (Wildman–Crippen LogP) is 6.02. The van der Waals surface area contributed by atoms with Crippen molar-refractivity contribution in [2.75, 3.05) is 18.4 Å². The maximum atomic E-state index is 13.5. The second-order valence-electron chi connectivity index (χ2n) is 11.7. The number of anilines is 1. The van der Waals surface area contributed by atoms with Gasteiger partial charge in [-0.3, -0.25) is 14.9 Å². The lowest BCUT2D eigenvalue weighted by atomic mass is 9.89. The number of halogens is 3. The minimum atomic E-state index is -4.96. The SMILES string of the molecule is CC(=O)OC(C)(C)c1nc2c(C3CCN(C(=O)c4ccc(OC(F)(F)F)cc4NC(=O)OC(C)(C)C)CC3)ccnc2[nH]1. The first kappa shape index (κ1) is 31.6. The van der Waals surface area contributed by atoms with E-state index >= 15 is 0 Å². The number of amides is 2. The molecule has 1 fully saturated rings. The Bertz CT molecular complexity index is 1520. The molecule has 2 amide bonds. The van der Waals surface area contributed by atoms with E-state index in [0.29, 0.717) is 42.9 Å². The molecule has 232 valence electrons. The van der Waals surface area contributed by atoms with E-state index in [4.69, 9.17) is 14.5 Å². The topological polar surface area (TPSA) is 136 Å². The molecule has 43 heavy (non-hydrogen) atoms. The van der Waals surface area contributed by atoms with E-state index in [1.54, 1.807) is 45.7 Å². The summed E-state index contributed by atoms with van der Waals surface area (Å²) in [5.74, 6) is -1.01. The molecule has 1 aliphatic heterocycles. The van der Waals surface area contributed by atoms with E-state index in [1.165, 1.54) is 13.0 Å². The van der Waals surface area contributed by atoms with E-state index in [2.05, 4.69) is 20.0 Å². The number of fused-ring (bicyclic) bond motifs is 1. The van der Waals surface area contributed by atoms with Crippen LogP contribution in [0.5, 0.6) is 5.75 Å². The number of nitrogens with zero attached hydrogens (tertiary/aromatic N) is 3. The number of ether oxygens (including phenoxy) is 3. The average Bonchev–Trinajstić information content (AvgIpc) is 3.32. The Morgan fingerprint density at radius 1 is 1.02 bits per heavy atom. The normalized spacial score (nSPS) is 14.9. The molecular weight excluding hydrogens is 571 g/mol. The highest BCUT2D eigenvalue weighted by Gasteiger charge is 2.33. The zero-order chi connectivity index (χ0) is 31.7. The number of hydrogen-bond acceptors (Lipinski definition) is 8. The van der Waals surface area contributed by atoms with Crippen molar-refractivity contribution in [3.63, 3.8) is 0 Å². The molecule has 0 saturated carbocycles. The zero-order valence-corrected chi connectivity index (χ0v) is 24.7. The molecule has 0 atom stereocenters. The van der Waals surface area contributed by atoms with Gasteiger partial charge >= 0.3 is 18.4 Å². The van der Waals surface area contributed by atoms with Gasteiger partial charge in [0, 0.05) is 32.3 Å². The molecule has 1 aromatic carbocycles. The molecule has 1 saturated heterocycles. The van der Waals surface area contributed by atoms with Gasteiger partial charge in [-0.15, -0.1) is 13.2 Å². The molecule has 14 heteroatoms. The molecule has 2 N–H and O–H groups in total. The summed E-state index contributed by atoms with van der Waals surface area (Å²) in [7, 11) is 0. The van der Waals surface area contributed by atoms with Crippen molar-refractivity contribution in [3.05, 3.63) is 47.4 Å². The van der Waals surface area contributed by atoms with Crippen LogP contribution in [-0.2, 0) is 19.9 Å². The molecule has 0 bridgehead atoms. The smallest absolute Gasteiger partial charge is 0.452 e. The summed E-state index contributed by atoms with van der Waals surface area (Å²) in [5, 5.41) is 2.39. The lowest BCUT2D eigenvalue weighted by Gasteiger charge is -2.33. The number of hydrogen-bond donors (Lipinski definition) is 2. The molecule has 0 aliphatic carbocycles. The van der Waals surface area contributed by atoms with Gasteiger partial charge in [-0.2, -0.15) is 0 Å². The summed E-state index contributed by atoms with van der Waals surface area (Å²) < 4.78 is 53.2. The number of pyridine rings is 1. The molecule has 0 spiro atoms. The number of carbonyl (C=O) groups is 3. The van der Waals surface area contributed by atoms with Gasteiger partial charge < -0.3 is 24.1 Å². The summed E-state index contributed by atoms with van der Waals surface area (Å²) in [6.45, 7) is 10.4. The highest BCUT2D eigenvalue weighted by atomic mass is 19.4. The number of alkyl halides is 3. The van der Waals surface area contributed by atoms with Crippen molar-refractivity contribution >= 4 is 34.8 Å². The third kappa shape index (κ3) is 7.93. The summed E-state index contributed by atoms with van der Waals surface area (Å²) in [6.07, 6.45) is -3.08. The Morgan fingerprint density at radius 3 is 2.30 bits per heavy atom. The van der Waals surface area contributed by atoms with E-state index in [1.807, 2.05) is 6.07 Å². The van der Waals surface area contributed by atoms with Crippen LogP contribution in [0, 0.1) is 0 Å². The number of piperidine rings is 1. The van der Waals surface area contributed by atoms with Crippen LogP contribution in [-0.4, -0.2) is 62.9 Å². The van der Waals surface area contributed by atoms with Crippen molar-refractivity contribution in [2.24, 2.45) is 0 Å². The molecule has 2 aromatic heterocycles. The van der Waals surface area contributed by atoms with Gasteiger partial charge in [-0.05, 0) is 77.1 Å². The quantitative estimate of drug-likeness (QED) is 0.326. The van der Waals surface area contributed by atoms with Crippen molar-refractivity contribution in [1.29, 1.82) is 0 Å². The van der Waals surface area contributed by atoms with Crippen LogP contribution in [0.4, 0.5) is 23.7 Å². The first-order valence-corrected chi connectivity index (χ1v) is 13.7. The molecule has 0 radical (unpaired) electrons. The van der Waals surface area contributed by atoms with E-state index in [9.17, 15) is 27.6 Å². The maximum Gasteiger partial charge on any atom is 0.573 e. The summed E-state index contributed by atoms with van der Waals surface area (Å²) in [5.41, 5.74) is 0.0785. The van der Waals surface area contributed by atoms with Gasteiger partial charge in [-0.1, -0.05) is 0 Å². The van der Waals surface area contributed by atoms with Crippen molar-refractivity contribution < 1.29 is 41.8 Å². The van der Waals surface area contributed by atoms with Crippen LogP contribution in [0.1, 0.15) is 82.0 Å². The Kier molecular flexibility index (Phi) is 8.61. The third-order valence-electron chi connectivity index (χ3n) is 6.70. The van der Waals surface area contributed by atoms with Crippen molar-refractivity contribution in [2.45, 2.75) is 77.9 Å². The van der Waals surface area contributed by atoms with Crippen molar-refractivity contribution in [1.82, 2.24) is 19.9 Å². The van der Waals surface area contributed by atoms with Crippen LogP contribution in [0.2, 0.25) is 0 Å². The van der Waals surface area contributed by atoms with E-state index in [0.717, 1.165) is 17.7 Å². The molecule has 3 aromatic rings. The van der Waals surface area contributed by atoms with Crippen LogP contribution < -0.4 is 10.1 Å². The molecule has 0 unspecified atom stereocenters. The minimum Gasteiger partial charge on any atom is -0.452 e. The van der Waals surface area contributed by atoms with Gasteiger partial charge in [-0.25, -0.2) is 14.8 Å². The van der Waals surface area contributed by atoms with Crippen molar-refractivity contribution in [3.8, 4) is 5.75 Å². The highest BCUT2D eigenvalue weighted by molar-refractivity contribution is 6.03. The molecule has 1 aliphatic rings. The number of carbonyl (C=O) groups excluding carboxylic acids is 3. The number of aromatic amines is 1. The van der Waals surface area contributed by atoms with Gasteiger partial charge in [0.1, 0.15) is 16.9 Å². The van der Waals surface area contributed by atoms with Crippen LogP contribution in [0.15, 0.2) is 30.5 Å². The highest BCUT2D eigenvalue weighted by Crippen LogP contribution is 2.35. The maximum absolute atomic E-state index is 13.5. The first-order chi connectivity index (χ1) is 19.9. The largest absolute Gasteiger partial charge is 0.573 e. The number of likely N-dealkylation sites (tertiary alicyclic amines) is 1. The van der Waals surface area contributed by atoms with Crippen LogP contribution in [0.25, 0.3) is 11.2 Å².